The van der Waals surface area contributed by atoms with Crippen LogP contribution in [0.1, 0.15) is 5.56 Å². The highest BCUT2D eigenvalue weighted by Gasteiger charge is 2.25. The molecular weight excluding hydrogens is 388 g/mol. The summed E-state index contributed by atoms with van der Waals surface area (Å²) < 4.78 is 0. The smallest absolute Gasteiger partial charge is 0.242 e. The first-order valence-corrected chi connectivity index (χ1v) is 10.5. The summed E-state index contributed by atoms with van der Waals surface area (Å²) in [6.07, 6.45) is 3.49. The Bertz CT molecular complexity index is 1170. The van der Waals surface area contributed by atoms with Gasteiger partial charge in [-0.1, -0.05) is 30.3 Å². The number of carbonyl (C=O) groups excluding carboxylic acids is 1. The van der Waals surface area contributed by atoms with Gasteiger partial charge in [-0.25, -0.2) is 0 Å². The molecular formula is C24H24N6O. The first-order chi connectivity index (χ1) is 15.3. The third kappa shape index (κ3) is 4.33. The molecule has 1 atom stereocenters. The van der Waals surface area contributed by atoms with E-state index in [1.807, 2.05) is 48.5 Å². The van der Waals surface area contributed by atoms with Crippen molar-refractivity contribution in [3.05, 3.63) is 78.6 Å². The SMILES string of the molecule is O=C(Nc1ccc2[nH]nc(-c3ccncc3)c2c1)[C@@H]1CN(Cc2ccccc2)CCN1. The van der Waals surface area contributed by atoms with Crippen molar-refractivity contribution in [3.63, 3.8) is 0 Å². The number of hydrogen-bond donors (Lipinski definition) is 3. The number of nitrogens with one attached hydrogen (secondary N) is 3. The molecule has 31 heavy (non-hydrogen) atoms. The van der Waals surface area contributed by atoms with Crippen LogP contribution in [0.15, 0.2) is 73.1 Å². The van der Waals surface area contributed by atoms with Gasteiger partial charge in [-0.2, -0.15) is 5.10 Å². The molecule has 7 nitrogen and oxygen atoms in total. The van der Waals surface area contributed by atoms with Crippen LogP contribution < -0.4 is 10.6 Å². The summed E-state index contributed by atoms with van der Waals surface area (Å²) in [4.78, 5) is 19.3. The van der Waals surface area contributed by atoms with Crippen molar-refractivity contribution in [2.75, 3.05) is 25.0 Å². The maximum atomic E-state index is 13.0. The molecule has 0 spiro atoms. The van der Waals surface area contributed by atoms with E-state index in [1.165, 1.54) is 5.56 Å². The number of piperazine rings is 1. The third-order valence-corrected chi connectivity index (χ3v) is 5.61. The third-order valence-electron chi connectivity index (χ3n) is 5.61. The van der Waals surface area contributed by atoms with Gasteiger partial charge >= 0.3 is 0 Å². The van der Waals surface area contributed by atoms with Crippen LogP contribution in [0.2, 0.25) is 0 Å². The molecule has 2 aromatic carbocycles. The van der Waals surface area contributed by atoms with E-state index < -0.39 is 0 Å². The number of rotatable bonds is 5. The zero-order chi connectivity index (χ0) is 21.0. The Morgan fingerprint density at radius 2 is 1.94 bits per heavy atom. The van der Waals surface area contributed by atoms with E-state index in [0.717, 1.165) is 47.5 Å². The number of fused-ring (bicyclic) bond motifs is 1. The number of amides is 1. The predicted octanol–water partition coefficient (Wildman–Crippen LogP) is 3.04. The number of aromatic amines is 1. The number of hydrogen-bond acceptors (Lipinski definition) is 5. The molecule has 1 fully saturated rings. The number of benzene rings is 2. The van der Waals surface area contributed by atoms with Crippen LogP contribution in [0.3, 0.4) is 0 Å². The van der Waals surface area contributed by atoms with Gasteiger partial charge in [0.2, 0.25) is 5.91 Å². The van der Waals surface area contributed by atoms with Gasteiger partial charge in [0.15, 0.2) is 0 Å². The van der Waals surface area contributed by atoms with E-state index in [1.54, 1.807) is 12.4 Å². The number of nitrogens with zero attached hydrogens (tertiary/aromatic N) is 3. The predicted molar refractivity (Wildman–Crippen MR) is 121 cm³/mol. The standard InChI is InChI=1S/C24H24N6O/c31-24(22-16-30(13-12-26-22)15-17-4-2-1-3-5-17)27-19-6-7-21-20(14-19)23(29-28-21)18-8-10-25-11-9-18/h1-11,14,22,26H,12-13,15-16H2,(H,27,31)(H,28,29)/t22-/m0/s1. The summed E-state index contributed by atoms with van der Waals surface area (Å²) in [5.41, 5.74) is 4.77. The quantitative estimate of drug-likeness (QED) is 0.469. The largest absolute Gasteiger partial charge is 0.325 e. The molecule has 3 N–H and O–H groups in total. The Morgan fingerprint density at radius 1 is 1.10 bits per heavy atom. The van der Waals surface area contributed by atoms with Gasteiger partial charge in [-0.15, -0.1) is 0 Å². The van der Waals surface area contributed by atoms with E-state index in [-0.39, 0.29) is 11.9 Å². The lowest BCUT2D eigenvalue weighted by atomic mass is 10.1. The Kier molecular flexibility index (Phi) is 5.43. The topological polar surface area (TPSA) is 85.9 Å². The molecule has 0 radical (unpaired) electrons. The lowest BCUT2D eigenvalue weighted by molar-refractivity contribution is -0.119. The van der Waals surface area contributed by atoms with Crippen molar-refractivity contribution in [2.24, 2.45) is 0 Å². The number of H-pyrrole nitrogens is 1. The summed E-state index contributed by atoms with van der Waals surface area (Å²) >= 11 is 0. The minimum absolute atomic E-state index is 0.0222. The fourth-order valence-electron chi connectivity index (χ4n) is 4.02. The second-order valence-corrected chi connectivity index (χ2v) is 7.79. The van der Waals surface area contributed by atoms with Gasteiger partial charge in [-0.05, 0) is 35.9 Å². The monoisotopic (exact) mass is 412 g/mol. The van der Waals surface area contributed by atoms with Crippen molar-refractivity contribution in [2.45, 2.75) is 12.6 Å². The second kappa shape index (κ2) is 8.67. The van der Waals surface area contributed by atoms with Crippen molar-refractivity contribution < 1.29 is 4.79 Å². The molecule has 2 aromatic heterocycles. The van der Waals surface area contributed by atoms with Crippen molar-refractivity contribution in [1.29, 1.82) is 0 Å². The normalized spacial score (nSPS) is 17.0. The summed E-state index contributed by atoms with van der Waals surface area (Å²) in [5, 5.41) is 14.9. The highest BCUT2D eigenvalue weighted by atomic mass is 16.2. The van der Waals surface area contributed by atoms with E-state index in [2.05, 4.69) is 42.8 Å². The average Bonchev–Trinajstić information content (AvgIpc) is 3.24. The summed E-state index contributed by atoms with van der Waals surface area (Å²) in [6, 6.07) is 19.8. The van der Waals surface area contributed by atoms with Gasteiger partial charge < -0.3 is 10.6 Å². The zero-order valence-corrected chi connectivity index (χ0v) is 17.1. The fraction of sp³-hybridized carbons (Fsp3) is 0.208. The molecule has 0 saturated carbocycles. The Balaban J connectivity index is 1.29. The Labute approximate surface area is 180 Å². The van der Waals surface area contributed by atoms with E-state index in [0.29, 0.717) is 6.54 Å². The molecule has 156 valence electrons. The van der Waals surface area contributed by atoms with Gasteiger partial charge in [0.25, 0.3) is 0 Å². The van der Waals surface area contributed by atoms with Gasteiger partial charge in [0, 0.05) is 55.2 Å². The highest BCUT2D eigenvalue weighted by molar-refractivity contribution is 6.00. The van der Waals surface area contributed by atoms with Crippen LogP contribution in [0.5, 0.6) is 0 Å². The highest BCUT2D eigenvalue weighted by Crippen LogP contribution is 2.28. The zero-order valence-electron chi connectivity index (χ0n) is 17.1. The van der Waals surface area contributed by atoms with Crippen molar-refractivity contribution in [3.8, 4) is 11.3 Å². The molecule has 1 aliphatic heterocycles. The first kappa shape index (κ1) is 19.4. The van der Waals surface area contributed by atoms with Crippen LogP contribution >= 0.6 is 0 Å². The van der Waals surface area contributed by atoms with Crippen LogP contribution in [0.25, 0.3) is 22.2 Å². The van der Waals surface area contributed by atoms with E-state index >= 15 is 0 Å². The molecule has 1 amide bonds. The molecule has 0 unspecified atom stereocenters. The van der Waals surface area contributed by atoms with Gasteiger partial charge in [-0.3, -0.25) is 19.8 Å². The summed E-state index contributed by atoms with van der Waals surface area (Å²) in [6.45, 7) is 3.24. The van der Waals surface area contributed by atoms with Gasteiger partial charge in [0.1, 0.15) is 5.69 Å². The van der Waals surface area contributed by atoms with Crippen LogP contribution in [-0.4, -0.2) is 51.7 Å². The number of aromatic nitrogens is 3. The molecule has 4 aromatic rings. The molecule has 3 heterocycles. The van der Waals surface area contributed by atoms with Gasteiger partial charge in [0.05, 0.1) is 11.6 Å². The summed E-state index contributed by atoms with van der Waals surface area (Å²) in [7, 11) is 0. The molecule has 5 rings (SSSR count). The number of pyridine rings is 1. The lowest BCUT2D eigenvalue weighted by Gasteiger charge is -2.33. The number of anilines is 1. The van der Waals surface area contributed by atoms with E-state index in [9.17, 15) is 4.79 Å². The minimum Gasteiger partial charge on any atom is -0.325 e. The van der Waals surface area contributed by atoms with Crippen molar-refractivity contribution >= 4 is 22.5 Å². The van der Waals surface area contributed by atoms with E-state index in [4.69, 9.17) is 0 Å². The maximum absolute atomic E-state index is 13.0. The van der Waals surface area contributed by atoms with Crippen LogP contribution in [0, 0.1) is 0 Å². The maximum Gasteiger partial charge on any atom is 0.242 e. The summed E-state index contributed by atoms with van der Waals surface area (Å²) in [5.74, 6) is -0.0222. The van der Waals surface area contributed by atoms with Crippen LogP contribution in [-0.2, 0) is 11.3 Å². The average molecular weight is 412 g/mol. The minimum atomic E-state index is -0.253. The molecule has 1 aliphatic rings. The second-order valence-electron chi connectivity index (χ2n) is 7.79. The molecule has 0 aliphatic carbocycles. The molecule has 0 bridgehead atoms. The van der Waals surface area contributed by atoms with Crippen molar-refractivity contribution in [1.82, 2.24) is 25.4 Å². The lowest BCUT2D eigenvalue weighted by Crippen LogP contribution is -2.55. The molecule has 1 saturated heterocycles. The Morgan fingerprint density at radius 3 is 2.77 bits per heavy atom. The fourth-order valence-corrected chi connectivity index (χ4v) is 4.02. The Hall–Kier alpha value is -3.55. The number of carbonyl (C=O) groups is 1. The first-order valence-electron chi connectivity index (χ1n) is 10.5. The van der Waals surface area contributed by atoms with Crippen LogP contribution in [0.4, 0.5) is 5.69 Å². The molecule has 7 heteroatoms.